The molecule has 1 aliphatic heterocycles. The quantitative estimate of drug-likeness (QED) is 0.720. The zero-order chi connectivity index (χ0) is 11.8. The number of amides is 1. The van der Waals surface area contributed by atoms with Gasteiger partial charge in [-0.25, -0.2) is 0 Å². The average Bonchev–Trinajstić information content (AvgIpc) is 2.32. The molecule has 16 heavy (non-hydrogen) atoms. The third-order valence-electron chi connectivity index (χ3n) is 3.55. The van der Waals surface area contributed by atoms with E-state index in [1.54, 1.807) is 0 Å². The summed E-state index contributed by atoms with van der Waals surface area (Å²) >= 11 is 0. The van der Waals surface area contributed by atoms with Gasteiger partial charge in [-0.1, -0.05) is 45.4 Å². The van der Waals surface area contributed by atoms with Crippen LogP contribution in [0, 0.1) is 5.92 Å². The smallest absolute Gasteiger partial charge is 0.234 e. The predicted molar refractivity (Wildman–Crippen MR) is 67.1 cm³/mol. The van der Waals surface area contributed by atoms with Gasteiger partial charge in [0.25, 0.3) is 0 Å². The first kappa shape index (κ1) is 13.5. The second-order valence-electron chi connectivity index (χ2n) is 5.15. The molecule has 0 aromatic carbocycles. The highest BCUT2D eigenvalue weighted by atomic mass is 16.1. The highest BCUT2D eigenvalue weighted by molar-refractivity contribution is 5.79. The van der Waals surface area contributed by atoms with E-state index in [0.717, 1.165) is 25.3 Å². The summed E-state index contributed by atoms with van der Waals surface area (Å²) in [5, 5.41) is 3.04. The fourth-order valence-corrected chi connectivity index (χ4v) is 2.40. The first-order chi connectivity index (χ1) is 7.70. The molecule has 1 saturated heterocycles. The van der Waals surface area contributed by atoms with Crippen molar-refractivity contribution in [2.24, 2.45) is 11.7 Å². The number of nitrogens with one attached hydrogen (secondary N) is 1. The zero-order valence-electron chi connectivity index (χ0n) is 10.5. The summed E-state index contributed by atoms with van der Waals surface area (Å²) in [6.07, 6.45) is 10.6. The van der Waals surface area contributed by atoms with Crippen LogP contribution in [-0.4, -0.2) is 18.5 Å². The molecule has 2 aliphatic rings. The van der Waals surface area contributed by atoms with Crippen LogP contribution >= 0.6 is 0 Å². The topological polar surface area (TPSA) is 55.1 Å². The molecule has 1 atom stereocenters. The normalized spacial score (nSPS) is 26.7. The molecule has 0 aromatic heterocycles. The summed E-state index contributed by atoms with van der Waals surface area (Å²) < 4.78 is 0. The van der Waals surface area contributed by atoms with E-state index < -0.39 is 0 Å². The Hall–Kier alpha value is -0.570. The number of rotatable bonds is 1. The second-order valence-corrected chi connectivity index (χ2v) is 5.15. The molecule has 2 fully saturated rings. The standard InChI is InChI=1S/C7H14.C6H12N2O/c1-7-5-3-2-4-6-7;7-6(9)5-3-1-2-4-8-5/h7H,2-6H2,1H3;5,8H,1-4H2,(H2,7,9). The van der Waals surface area contributed by atoms with Crippen molar-refractivity contribution >= 4 is 5.91 Å². The van der Waals surface area contributed by atoms with Crippen LogP contribution in [-0.2, 0) is 4.79 Å². The molecule has 0 radical (unpaired) electrons. The maximum absolute atomic E-state index is 10.5. The van der Waals surface area contributed by atoms with E-state index in [-0.39, 0.29) is 11.9 Å². The van der Waals surface area contributed by atoms with Gasteiger partial charge in [0.15, 0.2) is 0 Å². The van der Waals surface area contributed by atoms with Crippen molar-refractivity contribution < 1.29 is 4.79 Å². The lowest BCUT2D eigenvalue weighted by Gasteiger charge is -2.19. The molecule has 0 aromatic rings. The second kappa shape index (κ2) is 7.66. The van der Waals surface area contributed by atoms with Crippen LogP contribution in [0.15, 0.2) is 0 Å². The minimum Gasteiger partial charge on any atom is -0.368 e. The van der Waals surface area contributed by atoms with Gasteiger partial charge >= 0.3 is 0 Å². The lowest BCUT2D eigenvalue weighted by Crippen LogP contribution is -2.44. The van der Waals surface area contributed by atoms with E-state index >= 15 is 0 Å². The monoisotopic (exact) mass is 226 g/mol. The van der Waals surface area contributed by atoms with Gasteiger partial charge in [-0.15, -0.1) is 0 Å². The number of nitrogens with two attached hydrogens (primary N) is 1. The minimum atomic E-state index is -0.213. The summed E-state index contributed by atoms with van der Waals surface area (Å²) in [5.74, 6) is 0.823. The Morgan fingerprint density at radius 3 is 2.00 bits per heavy atom. The summed E-state index contributed by atoms with van der Waals surface area (Å²) in [6.45, 7) is 3.30. The van der Waals surface area contributed by atoms with Gasteiger partial charge in [0.2, 0.25) is 5.91 Å². The van der Waals surface area contributed by atoms with Crippen molar-refractivity contribution in [3.63, 3.8) is 0 Å². The Morgan fingerprint density at radius 1 is 1.06 bits per heavy atom. The first-order valence-electron chi connectivity index (χ1n) is 6.73. The molecule has 1 aliphatic carbocycles. The largest absolute Gasteiger partial charge is 0.368 e. The third-order valence-corrected chi connectivity index (χ3v) is 3.55. The van der Waals surface area contributed by atoms with Crippen molar-refractivity contribution in [1.29, 1.82) is 0 Å². The van der Waals surface area contributed by atoms with Gasteiger partial charge in [-0.05, 0) is 25.3 Å². The Balaban J connectivity index is 0.000000165. The summed E-state index contributed by atoms with van der Waals surface area (Å²) in [7, 11) is 0. The Morgan fingerprint density at radius 2 is 1.69 bits per heavy atom. The number of hydrogen-bond acceptors (Lipinski definition) is 2. The Labute approximate surface area is 99.2 Å². The maximum atomic E-state index is 10.5. The fourth-order valence-electron chi connectivity index (χ4n) is 2.40. The third kappa shape index (κ3) is 5.50. The van der Waals surface area contributed by atoms with Gasteiger partial charge in [0.05, 0.1) is 6.04 Å². The van der Waals surface area contributed by atoms with Crippen LogP contribution in [0.3, 0.4) is 0 Å². The van der Waals surface area contributed by atoms with Crippen LogP contribution in [0.25, 0.3) is 0 Å². The molecule has 1 saturated carbocycles. The van der Waals surface area contributed by atoms with E-state index in [2.05, 4.69) is 12.2 Å². The van der Waals surface area contributed by atoms with Gasteiger partial charge in [0, 0.05) is 0 Å². The molecular weight excluding hydrogens is 200 g/mol. The van der Waals surface area contributed by atoms with Gasteiger partial charge < -0.3 is 11.1 Å². The SMILES string of the molecule is CC1CCCCC1.NC(=O)C1CCCCN1. The lowest BCUT2D eigenvalue weighted by atomic mass is 9.91. The van der Waals surface area contributed by atoms with Crippen LogP contribution in [0.2, 0.25) is 0 Å². The van der Waals surface area contributed by atoms with Gasteiger partial charge in [-0.3, -0.25) is 4.79 Å². The molecular formula is C13H26N2O. The molecule has 1 amide bonds. The van der Waals surface area contributed by atoms with Gasteiger partial charge in [-0.2, -0.15) is 0 Å². The van der Waals surface area contributed by atoms with Crippen LogP contribution < -0.4 is 11.1 Å². The number of carbonyl (C=O) groups is 1. The van der Waals surface area contributed by atoms with E-state index in [4.69, 9.17) is 5.73 Å². The van der Waals surface area contributed by atoms with E-state index in [0.29, 0.717) is 0 Å². The highest BCUT2D eigenvalue weighted by Crippen LogP contribution is 2.22. The average molecular weight is 226 g/mol. The molecule has 3 heteroatoms. The van der Waals surface area contributed by atoms with Crippen molar-refractivity contribution in [2.45, 2.75) is 64.3 Å². The molecule has 1 heterocycles. The van der Waals surface area contributed by atoms with Crippen LogP contribution in [0.5, 0.6) is 0 Å². The minimum absolute atomic E-state index is 0.0567. The van der Waals surface area contributed by atoms with Gasteiger partial charge in [0.1, 0.15) is 0 Å². The summed E-state index contributed by atoms with van der Waals surface area (Å²) in [6, 6.07) is -0.0567. The lowest BCUT2D eigenvalue weighted by molar-refractivity contribution is -0.120. The number of primary amides is 1. The zero-order valence-corrected chi connectivity index (χ0v) is 10.5. The Bertz CT molecular complexity index is 194. The van der Waals surface area contributed by atoms with Crippen LogP contribution in [0.4, 0.5) is 0 Å². The highest BCUT2D eigenvalue weighted by Gasteiger charge is 2.16. The van der Waals surface area contributed by atoms with E-state index in [1.807, 2.05) is 0 Å². The molecule has 3 nitrogen and oxygen atoms in total. The van der Waals surface area contributed by atoms with Crippen molar-refractivity contribution in [1.82, 2.24) is 5.32 Å². The molecule has 1 unspecified atom stereocenters. The van der Waals surface area contributed by atoms with E-state index in [1.165, 1.54) is 38.5 Å². The van der Waals surface area contributed by atoms with Crippen molar-refractivity contribution in [2.75, 3.05) is 6.54 Å². The summed E-state index contributed by atoms with van der Waals surface area (Å²) in [5.41, 5.74) is 5.07. The van der Waals surface area contributed by atoms with E-state index in [9.17, 15) is 4.79 Å². The maximum Gasteiger partial charge on any atom is 0.234 e. The van der Waals surface area contributed by atoms with Crippen molar-refractivity contribution in [3.05, 3.63) is 0 Å². The fraction of sp³-hybridized carbons (Fsp3) is 0.923. The first-order valence-corrected chi connectivity index (χ1v) is 6.73. The molecule has 2 rings (SSSR count). The Kier molecular flexibility index (Phi) is 6.46. The predicted octanol–water partition coefficient (Wildman–Crippen LogP) is 2.20. The number of carbonyl (C=O) groups excluding carboxylic acids is 1. The molecule has 0 spiro atoms. The van der Waals surface area contributed by atoms with Crippen molar-refractivity contribution in [3.8, 4) is 0 Å². The summed E-state index contributed by atoms with van der Waals surface area (Å²) in [4.78, 5) is 10.5. The molecule has 0 bridgehead atoms. The number of hydrogen-bond donors (Lipinski definition) is 2. The molecule has 94 valence electrons. The number of piperidine rings is 1. The molecule has 3 N–H and O–H groups in total. The van der Waals surface area contributed by atoms with Crippen LogP contribution in [0.1, 0.15) is 58.3 Å².